The topological polar surface area (TPSA) is 57.7 Å². The number of aromatic nitrogens is 1. The van der Waals surface area contributed by atoms with Gasteiger partial charge in [0.2, 0.25) is 5.91 Å². The molecule has 5 rings (SSSR count). The molecular formula is C28H36N4O2S. The van der Waals surface area contributed by atoms with Gasteiger partial charge in [-0.15, -0.1) is 0 Å². The zero-order valence-corrected chi connectivity index (χ0v) is 21.4. The summed E-state index contributed by atoms with van der Waals surface area (Å²) in [4.78, 5) is 17.7. The van der Waals surface area contributed by atoms with E-state index >= 15 is 0 Å². The summed E-state index contributed by atoms with van der Waals surface area (Å²) >= 11 is 1.60. The Morgan fingerprint density at radius 2 is 1.77 bits per heavy atom. The van der Waals surface area contributed by atoms with Crippen LogP contribution in [0.4, 0.5) is 5.82 Å². The minimum Gasteiger partial charge on any atom is -0.497 e. The average molecular weight is 493 g/mol. The highest BCUT2D eigenvalue weighted by molar-refractivity contribution is 7.13. The summed E-state index contributed by atoms with van der Waals surface area (Å²) in [6.45, 7) is 6.17. The van der Waals surface area contributed by atoms with Crippen LogP contribution in [0.25, 0.3) is 10.1 Å². The van der Waals surface area contributed by atoms with Gasteiger partial charge in [-0.25, -0.2) is 0 Å². The molecule has 0 radical (unpaired) electrons. The van der Waals surface area contributed by atoms with Gasteiger partial charge in [0.1, 0.15) is 11.6 Å². The molecule has 1 aliphatic heterocycles. The zero-order chi connectivity index (χ0) is 24.0. The third kappa shape index (κ3) is 5.96. The lowest BCUT2D eigenvalue weighted by molar-refractivity contribution is -0.120. The van der Waals surface area contributed by atoms with E-state index < -0.39 is 0 Å². The molecule has 1 N–H and O–H groups in total. The fraction of sp³-hybridized carbons (Fsp3) is 0.500. The Bertz CT molecular complexity index is 1110. The van der Waals surface area contributed by atoms with Crippen molar-refractivity contribution in [3.05, 3.63) is 54.1 Å². The number of benzene rings is 2. The van der Waals surface area contributed by atoms with Crippen LogP contribution in [0.5, 0.6) is 5.75 Å². The zero-order valence-electron chi connectivity index (χ0n) is 20.6. The number of fused-ring (bicyclic) bond motifs is 1. The summed E-state index contributed by atoms with van der Waals surface area (Å²) in [5.74, 6) is 3.32. The summed E-state index contributed by atoms with van der Waals surface area (Å²) in [6.07, 6.45) is 5.51. The van der Waals surface area contributed by atoms with Gasteiger partial charge >= 0.3 is 0 Å². The van der Waals surface area contributed by atoms with Crippen molar-refractivity contribution >= 4 is 33.3 Å². The van der Waals surface area contributed by atoms with Crippen molar-refractivity contribution in [3.63, 3.8) is 0 Å². The standard InChI is InChI=1S/C28H36N4O2S/c1-34-24-12-10-21(11-13-24)18-27(33)29-19-22-6-2-3-7-23(22)20-31-14-16-32(17-15-31)28-25-8-4-5-9-26(25)35-30-28/h4-5,8-13,22-23H,2-3,6-7,14-20H2,1H3,(H,29,33)/t22-,23+/m0/s1. The summed E-state index contributed by atoms with van der Waals surface area (Å²) in [5, 5.41) is 4.52. The van der Waals surface area contributed by atoms with Gasteiger partial charge in [-0.3, -0.25) is 9.69 Å². The second-order valence-electron chi connectivity index (χ2n) is 9.92. The van der Waals surface area contributed by atoms with Crippen molar-refractivity contribution in [1.82, 2.24) is 14.6 Å². The lowest BCUT2D eigenvalue weighted by Gasteiger charge is -2.40. The minimum atomic E-state index is 0.114. The van der Waals surface area contributed by atoms with Crippen LogP contribution in [0, 0.1) is 11.8 Å². The second-order valence-corrected chi connectivity index (χ2v) is 10.7. The number of hydrogen-bond acceptors (Lipinski definition) is 6. The molecule has 1 amide bonds. The highest BCUT2D eigenvalue weighted by atomic mass is 32.1. The van der Waals surface area contributed by atoms with Crippen molar-refractivity contribution < 1.29 is 9.53 Å². The van der Waals surface area contributed by atoms with E-state index in [0.29, 0.717) is 18.3 Å². The Labute approximate surface area is 212 Å². The number of carbonyl (C=O) groups excluding carboxylic acids is 1. The summed E-state index contributed by atoms with van der Waals surface area (Å²) in [7, 11) is 1.66. The number of carbonyl (C=O) groups is 1. The molecule has 1 aliphatic carbocycles. The van der Waals surface area contributed by atoms with Gasteiger partial charge in [-0.1, -0.05) is 37.1 Å². The minimum absolute atomic E-state index is 0.114. The quantitative estimate of drug-likeness (QED) is 0.498. The van der Waals surface area contributed by atoms with E-state index in [0.717, 1.165) is 56.4 Å². The van der Waals surface area contributed by atoms with E-state index in [2.05, 4.69) is 39.4 Å². The molecule has 2 heterocycles. The molecule has 0 bridgehead atoms. The molecule has 6 nitrogen and oxygen atoms in total. The van der Waals surface area contributed by atoms with Gasteiger partial charge in [0, 0.05) is 44.7 Å². The normalized spacial score (nSPS) is 21.2. The van der Waals surface area contributed by atoms with Crippen LogP contribution in [0.15, 0.2) is 48.5 Å². The van der Waals surface area contributed by atoms with Crippen LogP contribution in [0.2, 0.25) is 0 Å². The maximum atomic E-state index is 12.6. The molecule has 2 fully saturated rings. The Hall–Kier alpha value is -2.64. The van der Waals surface area contributed by atoms with Crippen LogP contribution in [0.3, 0.4) is 0 Å². The first-order valence-corrected chi connectivity index (χ1v) is 13.7. The van der Waals surface area contributed by atoms with Crippen LogP contribution in [-0.2, 0) is 11.2 Å². The molecule has 2 aliphatic rings. The largest absolute Gasteiger partial charge is 0.497 e. The van der Waals surface area contributed by atoms with Crippen molar-refractivity contribution in [2.75, 3.05) is 51.3 Å². The maximum absolute atomic E-state index is 12.6. The van der Waals surface area contributed by atoms with Crippen LogP contribution < -0.4 is 15.0 Å². The molecule has 1 aromatic heterocycles. The summed E-state index contributed by atoms with van der Waals surface area (Å²) in [5.41, 5.74) is 1.02. The number of nitrogens with zero attached hydrogens (tertiary/aromatic N) is 3. The van der Waals surface area contributed by atoms with Gasteiger partial charge in [-0.05, 0) is 66.0 Å². The SMILES string of the molecule is COc1ccc(CC(=O)NC[C@@H]2CCCC[C@@H]2CN2CCN(c3nsc4ccccc34)CC2)cc1. The number of nitrogens with one attached hydrogen (secondary N) is 1. The molecule has 3 aromatic rings. The number of ether oxygens (including phenoxy) is 1. The molecule has 35 heavy (non-hydrogen) atoms. The molecule has 0 unspecified atom stereocenters. The van der Waals surface area contributed by atoms with Crippen molar-refractivity contribution in [1.29, 1.82) is 0 Å². The van der Waals surface area contributed by atoms with E-state index in [9.17, 15) is 4.79 Å². The smallest absolute Gasteiger partial charge is 0.224 e. The van der Waals surface area contributed by atoms with E-state index in [4.69, 9.17) is 9.11 Å². The molecule has 7 heteroatoms. The van der Waals surface area contributed by atoms with Crippen LogP contribution >= 0.6 is 11.5 Å². The molecule has 1 saturated heterocycles. The number of amides is 1. The average Bonchev–Trinajstić information content (AvgIpc) is 3.33. The number of hydrogen-bond donors (Lipinski definition) is 1. The fourth-order valence-corrected chi connectivity index (χ4v) is 6.40. The summed E-state index contributed by atoms with van der Waals surface area (Å²) < 4.78 is 11.2. The Morgan fingerprint density at radius 3 is 2.54 bits per heavy atom. The monoisotopic (exact) mass is 492 g/mol. The van der Waals surface area contributed by atoms with Crippen LogP contribution in [0.1, 0.15) is 31.2 Å². The Kier molecular flexibility index (Phi) is 7.84. The molecule has 0 spiro atoms. The van der Waals surface area contributed by atoms with Gasteiger partial charge in [0.25, 0.3) is 0 Å². The predicted octanol–water partition coefficient (Wildman–Crippen LogP) is 4.59. The molecule has 186 valence electrons. The molecule has 1 saturated carbocycles. The van der Waals surface area contributed by atoms with E-state index in [1.165, 1.54) is 35.8 Å². The van der Waals surface area contributed by atoms with Gasteiger partial charge in [0.05, 0.1) is 18.2 Å². The van der Waals surface area contributed by atoms with Crippen molar-refractivity contribution in [3.8, 4) is 5.75 Å². The highest BCUT2D eigenvalue weighted by Gasteiger charge is 2.29. The number of piperazine rings is 1. The van der Waals surface area contributed by atoms with E-state index in [1.807, 2.05) is 24.3 Å². The third-order valence-corrected chi connectivity index (χ3v) is 8.49. The second kappa shape index (κ2) is 11.4. The van der Waals surface area contributed by atoms with Crippen molar-refractivity contribution in [2.24, 2.45) is 11.8 Å². The first kappa shape index (κ1) is 24.1. The number of methoxy groups -OCH3 is 1. The lowest BCUT2D eigenvalue weighted by Crippen LogP contribution is -2.49. The van der Waals surface area contributed by atoms with Gasteiger partial charge in [0.15, 0.2) is 0 Å². The van der Waals surface area contributed by atoms with E-state index in [-0.39, 0.29) is 5.91 Å². The highest BCUT2D eigenvalue weighted by Crippen LogP contribution is 2.32. The first-order chi connectivity index (χ1) is 17.2. The van der Waals surface area contributed by atoms with Gasteiger partial charge in [-0.2, -0.15) is 4.37 Å². The lowest BCUT2D eigenvalue weighted by atomic mass is 9.78. The predicted molar refractivity (Wildman–Crippen MR) is 143 cm³/mol. The first-order valence-electron chi connectivity index (χ1n) is 12.9. The molecule has 2 aromatic carbocycles. The third-order valence-electron chi connectivity index (χ3n) is 7.67. The number of rotatable bonds is 8. The van der Waals surface area contributed by atoms with Crippen molar-refractivity contribution in [2.45, 2.75) is 32.1 Å². The fourth-order valence-electron chi connectivity index (χ4n) is 5.60. The van der Waals surface area contributed by atoms with Gasteiger partial charge < -0.3 is 15.0 Å². The Morgan fingerprint density at radius 1 is 1.03 bits per heavy atom. The van der Waals surface area contributed by atoms with E-state index in [1.54, 1.807) is 18.6 Å². The summed E-state index contributed by atoms with van der Waals surface area (Å²) in [6, 6.07) is 16.3. The number of anilines is 1. The molecular weight excluding hydrogens is 456 g/mol. The Balaban J connectivity index is 1.10. The maximum Gasteiger partial charge on any atom is 0.224 e. The molecule has 2 atom stereocenters. The van der Waals surface area contributed by atoms with Crippen LogP contribution in [-0.4, -0.2) is 61.6 Å².